The highest BCUT2D eigenvalue weighted by atomic mass is 16.2. The number of hydrogen-bond donors (Lipinski definition) is 1. The fourth-order valence-electron chi connectivity index (χ4n) is 1.90. The van der Waals surface area contributed by atoms with Crippen molar-refractivity contribution in [1.82, 2.24) is 4.90 Å². The van der Waals surface area contributed by atoms with Gasteiger partial charge in [0.2, 0.25) is 0 Å². The molecular weight excluding hydrogens is 250 g/mol. The second-order valence-corrected chi connectivity index (χ2v) is 4.39. The van der Waals surface area contributed by atoms with Crippen molar-refractivity contribution >= 4 is 5.91 Å². The van der Waals surface area contributed by atoms with Crippen LogP contribution in [-0.4, -0.2) is 30.4 Å². The van der Waals surface area contributed by atoms with Gasteiger partial charge in [0.15, 0.2) is 0 Å². The normalized spacial score (nSPS) is 9.30. The molecule has 2 N–H and O–H groups in total. The van der Waals surface area contributed by atoms with Crippen LogP contribution in [0.3, 0.4) is 0 Å². The molecule has 104 valence electrons. The third-order valence-corrected chi connectivity index (χ3v) is 2.82. The summed E-state index contributed by atoms with van der Waals surface area (Å²) < 4.78 is 0. The first-order valence-electron chi connectivity index (χ1n) is 6.59. The molecule has 1 rings (SSSR count). The monoisotopic (exact) mass is 269 g/mol. The lowest BCUT2D eigenvalue weighted by atomic mass is 10.1. The van der Waals surface area contributed by atoms with E-state index < -0.39 is 0 Å². The number of nitrogens with two attached hydrogens (primary N) is 1. The van der Waals surface area contributed by atoms with Crippen molar-refractivity contribution < 1.29 is 4.79 Å². The molecule has 0 heterocycles. The Kier molecular flexibility index (Phi) is 6.29. The summed E-state index contributed by atoms with van der Waals surface area (Å²) in [7, 11) is 0. The van der Waals surface area contributed by atoms with E-state index in [2.05, 4.69) is 17.9 Å². The molecule has 0 saturated carbocycles. The zero-order valence-corrected chi connectivity index (χ0v) is 11.9. The second kappa shape index (κ2) is 7.99. The Morgan fingerprint density at radius 3 is 2.75 bits per heavy atom. The molecule has 0 saturated heterocycles. The van der Waals surface area contributed by atoms with Crippen molar-refractivity contribution in [1.29, 1.82) is 5.26 Å². The summed E-state index contributed by atoms with van der Waals surface area (Å²) in [5.74, 6) is 5.66. The van der Waals surface area contributed by atoms with Gasteiger partial charge < -0.3 is 10.6 Å². The molecule has 0 atom stereocenters. The first kappa shape index (κ1) is 15.8. The van der Waals surface area contributed by atoms with Gasteiger partial charge >= 0.3 is 0 Å². The predicted octanol–water partition coefficient (Wildman–Crippen LogP) is 1.68. The van der Waals surface area contributed by atoms with Crippen LogP contribution in [0.2, 0.25) is 0 Å². The van der Waals surface area contributed by atoms with Crippen LogP contribution in [0, 0.1) is 30.1 Å². The van der Waals surface area contributed by atoms with Crippen molar-refractivity contribution in [2.45, 2.75) is 20.3 Å². The van der Waals surface area contributed by atoms with Gasteiger partial charge in [-0.25, -0.2) is 0 Å². The van der Waals surface area contributed by atoms with Gasteiger partial charge in [-0.2, -0.15) is 5.26 Å². The molecule has 1 aromatic carbocycles. The van der Waals surface area contributed by atoms with E-state index in [4.69, 9.17) is 11.0 Å². The second-order valence-electron chi connectivity index (χ2n) is 4.39. The number of nitrogens with zero attached hydrogens (tertiary/aromatic N) is 2. The van der Waals surface area contributed by atoms with E-state index in [1.54, 1.807) is 11.0 Å². The Hall–Kier alpha value is -2.30. The predicted molar refractivity (Wildman–Crippen MR) is 78.9 cm³/mol. The van der Waals surface area contributed by atoms with E-state index in [1.165, 1.54) is 0 Å². The molecular formula is C16H19N3O. The van der Waals surface area contributed by atoms with E-state index in [0.717, 1.165) is 11.1 Å². The van der Waals surface area contributed by atoms with E-state index in [1.807, 2.05) is 26.0 Å². The zero-order valence-electron chi connectivity index (χ0n) is 11.9. The number of carbonyl (C=O) groups excluding carboxylic acids is 1. The Labute approximate surface area is 120 Å². The van der Waals surface area contributed by atoms with Crippen LogP contribution in [0.15, 0.2) is 18.2 Å². The molecule has 0 unspecified atom stereocenters. The highest BCUT2D eigenvalue weighted by molar-refractivity contribution is 5.94. The van der Waals surface area contributed by atoms with E-state index >= 15 is 0 Å². The lowest BCUT2D eigenvalue weighted by Crippen LogP contribution is -2.31. The van der Waals surface area contributed by atoms with Crippen LogP contribution >= 0.6 is 0 Å². The molecule has 0 fully saturated rings. The van der Waals surface area contributed by atoms with E-state index in [9.17, 15) is 4.79 Å². The van der Waals surface area contributed by atoms with E-state index in [-0.39, 0.29) is 5.91 Å². The van der Waals surface area contributed by atoms with Gasteiger partial charge in [-0.1, -0.05) is 11.8 Å². The number of benzene rings is 1. The molecule has 0 aliphatic heterocycles. The van der Waals surface area contributed by atoms with Gasteiger partial charge in [0.05, 0.1) is 19.0 Å². The van der Waals surface area contributed by atoms with Gasteiger partial charge in [-0.3, -0.25) is 4.79 Å². The van der Waals surface area contributed by atoms with Crippen molar-refractivity contribution in [3.63, 3.8) is 0 Å². The third kappa shape index (κ3) is 4.42. The highest BCUT2D eigenvalue weighted by Crippen LogP contribution is 2.12. The molecule has 0 radical (unpaired) electrons. The number of rotatable bonds is 4. The molecule has 0 aromatic heterocycles. The lowest BCUT2D eigenvalue weighted by Gasteiger charge is -2.19. The maximum Gasteiger partial charge on any atom is 0.253 e. The zero-order chi connectivity index (χ0) is 15.0. The number of amides is 1. The lowest BCUT2D eigenvalue weighted by molar-refractivity contribution is 0.0767. The number of hydrogen-bond acceptors (Lipinski definition) is 3. The van der Waals surface area contributed by atoms with Gasteiger partial charge in [0.25, 0.3) is 5.91 Å². The molecule has 0 aliphatic carbocycles. The summed E-state index contributed by atoms with van der Waals surface area (Å²) in [6, 6.07) is 7.59. The minimum Gasteiger partial charge on any atom is -0.338 e. The average Bonchev–Trinajstić information content (AvgIpc) is 2.45. The Balaban J connectivity index is 3.02. The molecule has 20 heavy (non-hydrogen) atoms. The first-order valence-corrected chi connectivity index (χ1v) is 6.59. The molecule has 1 aromatic rings. The van der Waals surface area contributed by atoms with Gasteiger partial charge in [-0.05, 0) is 37.6 Å². The quantitative estimate of drug-likeness (QED) is 0.845. The van der Waals surface area contributed by atoms with Crippen molar-refractivity contribution in [2.24, 2.45) is 5.73 Å². The molecule has 0 bridgehead atoms. The highest BCUT2D eigenvalue weighted by Gasteiger charge is 2.14. The molecule has 1 amide bonds. The van der Waals surface area contributed by atoms with Gasteiger partial charge in [-0.15, -0.1) is 0 Å². The fourth-order valence-corrected chi connectivity index (χ4v) is 1.90. The van der Waals surface area contributed by atoms with Crippen LogP contribution in [-0.2, 0) is 0 Å². The van der Waals surface area contributed by atoms with Crippen LogP contribution in [0.4, 0.5) is 0 Å². The minimum atomic E-state index is -0.0674. The van der Waals surface area contributed by atoms with Crippen LogP contribution < -0.4 is 5.73 Å². The van der Waals surface area contributed by atoms with Crippen LogP contribution in [0.1, 0.15) is 34.8 Å². The molecule has 4 heteroatoms. The topological polar surface area (TPSA) is 70.1 Å². The summed E-state index contributed by atoms with van der Waals surface area (Å²) in [5.41, 5.74) is 7.73. The van der Waals surface area contributed by atoms with Crippen molar-refractivity contribution in [3.05, 3.63) is 34.9 Å². The van der Waals surface area contributed by atoms with Crippen LogP contribution in [0.5, 0.6) is 0 Å². The Morgan fingerprint density at radius 2 is 2.15 bits per heavy atom. The number of nitriles is 1. The summed E-state index contributed by atoms with van der Waals surface area (Å²) >= 11 is 0. The number of aryl methyl sites for hydroxylation is 1. The standard InChI is InChI=1S/C16H19N3O/c1-3-19(9-5-8-18)16(20)15-11-13(2)10-14(12-15)6-4-7-17/h10-12H,3,5,7,9,17H2,1-2H3. The maximum atomic E-state index is 12.4. The first-order chi connectivity index (χ1) is 9.62. The molecule has 0 spiro atoms. The summed E-state index contributed by atoms with van der Waals surface area (Å²) in [5, 5.41) is 8.63. The minimum absolute atomic E-state index is 0.0674. The number of carbonyl (C=O) groups is 1. The summed E-state index contributed by atoms with van der Waals surface area (Å²) in [6.45, 7) is 5.15. The van der Waals surface area contributed by atoms with Gasteiger partial charge in [0.1, 0.15) is 0 Å². The van der Waals surface area contributed by atoms with Gasteiger partial charge in [0, 0.05) is 24.2 Å². The molecule has 0 aliphatic rings. The van der Waals surface area contributed by atoms with Crippen molar-refractivity contribution in [2.75, 3.05) is 19.6 Å². The largest absolute Gasteiger partial charge is 0.338 e. The fraction of sp³-hybridized carbons (Fsp3) is 0.375. The van der Waals surface area contributed by atoms with Crippen molar-refractivity contribution in [3.8, 4) is 17.9 Å². The smallest absolute Gasteiger partial charge is 0.253 e. The summed E-state index contributed by atoms with van der Waals surface area (Å²) in [4.78, 5) is 14.1. The Morgan fingerprint density at radius 1 is 1.40 bits per heavy atom. The average molecular weight is 269 g/mol. The Bertz CT molecular complexity index is 576. The SMILES string of the molecule is CCN(CCC#N)C(=O)c1cc(C)cc(C#CCN)c1. The van der Waals surface area contributed by atoms with Crippen LogP contribution in [0.25, 0.3) is 0 Å². The molecule has 4 nitrogen and oxygen atoms in total. The van der Waals surface area contributed by atoms with E-state index in [0.29, 0.717) is 31.6 Å². The third-order valence-electron chi connectivity index (χ3n) is 2.82. The maximum absolute atomic E-state index is 12.4. The summed E-state index contributed by atoms with van der Waals surface area (Å²) in [6.07, 6.45) is 0.339.